The molecule has 1 saturated heterocycles. The molecule has 2 heterocycles. The molecule has 1 aliphatic rings. The van der Waals surface area contributed by atoms with E-state index in [2.05, 4.69) is 0 Å². The van der Waals surface area contributed by atoms with Gasteiger partial charge >= 0.3 is 5.97 Å². The molecule has 3 rings (SSSR count). The van der Waals surface area contributed by atoms with Crippen LogP contribution in [0.3, 0.4) is 0 Å². The molecule has 7 nitrogen and oxygen atoms in total. The van der Waals surface area contributed by atoms with Gasteiger partial charge in [-0.05, 0) is 57.4 Å². The molecule has 0 aliphatic carbocycles. The molecule has 0 radical (unpaired) electrons. The molecule has 0 bridgehead atoms. The monoisotopic (exact) mass is 482 g/mol. The van der Waals surface area contributed by atoms with Gasteiger partial charge in [0.2, 0.25) is 15.8 Å². The van der Waals surface area contributed by atoms with Gasteiger partial charge in [-0.15, -0.1) is 0 Å². The van der Waals surface area contributed by atoms with Crippen molar-refractivity contribution in [2.24, 2.45) is 5.92 Å². The van der Waals surface area contributed by atoms with Crippen molar-refractivity contribution in [1.29, 1.82) is 0 Å². The fraction of sp³-hybridized carbons (Fsp3) is 0.478. The van der Waals surface area contributed by atoms with Crippen molar-refractivity contribution in [3.63, 3.8) is 0 Å². The number of ketones is 1. The summed E-state index contributed by atoms with van der Waals surface area (Å²) in [5.41, 5.74) is 2.32. The van der Waals surface area contributed by atoms with Gasteiger partial charge < -0.3 is 9.30 Å². The van der Waals surface area contributed by atoms with Gasteiger partial charge in [0.05, 0.1) is 5.92 Å². The molecule has 0 amide bonds. The molecule has 1 aromatic heterocycles. The highest BCUT2D eigenvalue weighted by molar-refractivity contribution is 7.89. The van der Waals surface area contributed by atoms with E-state index in [1.165, 1.54) is 0 Å². The average molecular weight is 483 g/mol. The van der Waals surface area contributed by atoms with Crippen molar-refractivity contribution in [3.8, 4) is 0 Å². The number of carbonyl (C=O) groups excluding carboxylic acids is 2. The average Bonchev–Trinajstić information content (AvgIpc) is 3.07. The molecule has 33 heavy (non-hydrogen) atoms. The smallest absolute Gasteiger partial charge is 0.309 e. The zero-order valence-corrected chi connectivity index (χ0v) is 19.8. The van der Waals surface area contributed by atoms with Gasteiger partial charge in [0.25, 0.3) is 0 Å². The van der Waals surface area contributed by atoms with Gasteiger partial charge in [0.1, 0.15) is 16.5 Å². The van der Waals surface area contributed by atoms with Crippen molar-refractivity contribution >= 4 is 21.8 Å². The van der Waals surface area contributed by atoms with E-state index >= 15 is 0 Å². The number of carbonyl (C=O) groups is 2. The summed E-state index contributed by atoms with van der Waals surface area (Å²) < 4.78 is 61.0. The largest absolute Gasteiger partial charge is 0.457 e. The number of Topliss-reactive ketones (excluding diaryl/α,β-unsaturated/α-hetero) is 1. The van der Waals surface area contributed by atoms with Gasteiger partial charge in [0, 0.05) is 36.6 Å². The van der Waals surface area contributed by atoms with Crippen LogP contribution in [0, 0.1) is 31.4 Å². The van der Waals surface area contributed by atoms with Crippen LogP contribution in [-0.2, 0) is 26.1 Å². The lowest BCUT2D eigenvalue weighted by Gasteiger charge is -2.30. The highest BCUT2D eigenvalue weighted by Crippen LogP contribution is 2.26. The summed E-state index contributed by atoms with van der Waals surface area (Å²) in [6.45, 7) is 6.16. The van der Waals surface area contributed by atoms with E-state index < -0.39 is 38.4 Å². The van der Waals surface area contributed by atoms with Crippen LogP contribution in [0.1, 0.15) is 47.9 Å². The first kappa shape index (κ1) is 25.0. The van der Waals surface area contributed by atoms with E-state index in [-0.39, 0.29) is 38.3 Å². The third-order valence-electron chi connectivity index (χ3n) is 5.97. The highest BCUT2D eigenvalue weighted by atomic mass is 32.2. The number of piperidine rings is 1. The number of halogens is 2. The quantitative estimate of drug-likeness (QED) is 0.424. The van der Waals surface area contributed by atoms with Crippen LogP contribution < -0.4 is 0 Å². The number of esters is 1. The molecule has 0 atom stereocenters. The maximum atomic E-state index is 14.0. The van der Waals surface area contributed by atoms with Gasteiger partial charge in [-0.25, -0.2) is 17.2 Å². The maximum Gasteiger partial charge on any atom is 0.309 e. The van der Waals surface area contributed by atoms with E-state index in [4.69, 9.17) is 4.74 Å². The van der Waals surface area contributed by atoms with Gasteiger partial charge in [0.15, 0.2) is 6.61 Å². The molecule has 180 valence electrons. The third kappa shape index (κ3) is 5.33. The topological polar surface area (TPSA) is 85.7 Å². The zero-order chi connectivity index (χ0) is 24.3. The van der Waals surface area contributed by atoms with E-state index in [9.17, 15) is 26.8 Å². The molecule has 10 heteroatoms. The number of aryl methyl sites for hydroxylation is 1. The van der Waals surface area contributed by atoms with Crippen molar-refractivity contribution in [3.05, 3.63) is 52.9 Å². The number of hydrogen-bond donors (Lipinski definition) is 0. The second-order valence-corrected chi connectivity index (χ2v) is 10.1. The Balaban J connectivity index is 1.57. The van der Waals surface area contributed by atoms with Crippen LogP contribution in [0.5, 0.6) is 0 Å². The second kappa shape index (κ2) is 10.1. The number of benzene rings is 1. The van der Waals surface area contributed by atoms with Gasteiger partial charge in [-0.1, -0.05) is 6.92 Å². The summed E-state index contributed by atoms with van der Waals surface area (Å²) >= 11 is 0. The minimum absolute atomic E-state index is 0.0375. The molecule has 1 aromatic carbocycles. The standard InChI is InChI=1S/C23H28F2N2O5S/c1-4-9-27-15(2)12-19(16(27)3)21(28)14-32-23(29)17-7-10-26(11-8-17)33(30,31)22-13-18(24)5-6-20(22)25/h5-6,12-13,17H,4,7-11,14H2,1-3H3. The van der Waals surface area contributed by atoms with Crippen LogP contribution in [0.2, 0.25) is 0 Å². The molecule has 0 unspecified atom stereocenters. The van der Waals surface area contributed by atoms with Crippen molar-refractivity contribution < 1.29 is 31.5 Å². The number of ether oxygens (including phenoxy) is 1. The summed E-state index contributed by atoms with van der Waals surface area (Å²) in [7, 11) is -4.23. The highest BCUT2D eigenvalue weighted by Gasteiger charge is 2.34. The number of aromatic nitrogens is 1. The lowest BCUT2D eigenvalue weighted by molar-refractivity contribution is -0.148. The SMILES string of the molecule is CCCn1c(C)cc(C(=O)COC(=O)C2CCN(S(=O)(=O)c3cc(F)ccc3F)CC2)c1C. The zero-order valence-electron chi connectivity index (χ0n) is 18.9. The fourth-order valence-corrected chi connectivity index (χ4v) is 5.67. The van der Waals surface area contributed by atoms with Crippen molar-refractivity contribution in [1.82, 2.24) is 8.87 Å². The van der Waals surface area contributed by atoms with Gasteiger partial charge in [-0.3, -0.25) is 9.59 Å². The Morgan fingerprint density at radius 3 is 2.42 bits per heavy atom. The van der Waals surface area contributed by atoms with E-state index in [0.717, 1.165) is 40.8 Å². The predicted octanol–water partition coefficient (Wildman–Crippen LogP) is 3.62. The molecule has 2 aromatic rings. The number of rotatable bonds is 8. The van der Waals surface area contributed by atoms with Crippen molar-refractivity contribution in [2.45, 2.75) is 51.5 Å². The molecule has 0 saturated carbocycles. The van der Waals surface area contributed by atoms with E-state index in [0.29, 0.717) is 11.6 Å². The summed E-state index contributed by atoms with van der Waals surface area (Å²) in [4.78, 5) is 24.3. The summed E-state index contributed by atoms with van der Waals surface area (Å²) in [6.07, 6.45) is 1.25. The Kier molecular flexibility index (Phi) is 7.69. The Bertz CT molecular complexity index is 1150. The van der Waals surface area contributed by atoms with Crippen LogP contribution >= 0.6 is 0 Å². The van der Waals surface area contributed by atoms with E-state index in [1.54, 1.807) is 6.07 Å². The molecule has 1 fully saturated rings. The van der Waals surface area contributed by atoms with Crippen LogP contribution in [0.4, 0.5) is 8.78 Å². The minimum Gasteiger partial charge on any atom is -0.457 e. The molecule has 0 N–H and O–H groups in total. The lowest BCUT2D eigenvalue weighted by atomic mass is 9.98. The number of hydrogen-bond acceptors (Lipinski definition) is 5. The fourth-order valence-electron chi connectivity index (χ4n) is 4.13. The third-order valence-corrected chi connectivity index (χ3v) is 7.88. The summed E-state index contributed by atoms with van der Waals surface area (Å²) in [5, 5.41) is 0. The first-order chi connectivity index (χ1) is 15.6. The molecular weight excluding hydrogens is 454 g/mol. The Morgan fingerprint density at radius 1 is 1.12 bits per heavy atom. The van der Waals surface area contributed by atoms with Crippen molar-refractivity contribution in [2.75, 3.05) is 19.7 Å². The normalized spacial score (nSPS) is 15.5. The number of sulfonamides is 1. The molecule has 1 aliphatic heterocycles. The van der Waals surface area contributed by atoms with Crippen LogP contribution in [-0.4, -0.2) is 48.7 Å². The minimum atomic E-state index is -4.23. The molecular formula is C23H28F2N2O5S. The predicted molar refractivity (Wildman–Crippen MR) is 117 cm³/mol. The Morgan fingerprint density at radius 2 is 1.79 bits per heavy atom. The second-order valence-electron chi connectivity index (χ2n) is 8.22. The van der Waals surface area contributed by atoms with Crippen LogP contribution in [0.15, 0.2) is 29.2 Å². The first-order valence-corrected chi connectivity index (χ1v) is 12.3. The Labute approximate surface area is 192 Å². The summed E-state index contributed by atoms with van der Waals surface area (Å²) in [5.74, 6) is -3.32. The van der Waals surface area contributed by atoms with Gasteiger partial charge in [-0.2, -0.15) is 4.31 Å². The first-order valence-electron chi connectivity index (χ1n) is 10.9. The lowest BCUT2D eigenvalue weighted by Crippen LogP contribution is -2.41. The van der Waals surface area contributed by atoms with E-state index in [1.807, 2.05) is 25.3 Å². The maximum absolute atomic E-state index is 14.0. The molecule has 0 spiro atoms. The van der Waals surface area contributed by atoms with Crippen LogP contribution in [0.25, 0.3) is 0 Å². The summed E-state index contributed by atoms with van der Waals surface area (Å²) in [6, 6.07) is 4.05. The number of nitrogens with zero attached hydrogens (tertiary/aromatic N) is 2. The Hall–Kier alpha value is -2.59.